The van der Waals surface area contributed by atoms with Crippen molar-refractivity contribution in [2.45, 2.75) is 45.8 Å². The smallest absolute Gasteiger partial charge is 0.242 e. The van der Waals surface area contributed by atoms with Gasteiger partial charge in [0.1, 0.15) is 12.4 Å². The van der Waals surface area contributed by atoms with Gasteiger partial charge in [-0.1, -0.05) is 49.4 Å². The molecule has 0 aliphatic carbocycles. The van der Waals surface area contributed by atoms with E-state index in [-0.39, 0.29) is 24.4 Å². The molecule has 0 saturated carbocycles. The molecule has 1 aromatic heterocycles. The van der Waals surface area contributed by atoms with Gasteiger partial charge in [-0.3, -0.25) is 9.59 Å². The van der Waals surface area contributed by atoms with Gasteiger partial charge < -0.3 is 14.8 Å². The number of carbonyl (C=O) groups excluding carboxylic acids is 2. The predicted octanol–water partition coefficient (Wildman–Crippen LogP) is 3.67. The predicted molar refractivity (Wildman–Crippen MR) is 114 cm³/mol. The van der Waals surface area contributed by atoms with Crippen LogP contribution in [-0.2, 0) is 22.7 Å². The summed E-state index contributed by atoms with van der Waals surface area (Å²) in [7, 11) is 1.81. The van der Waals surface area contributed by atoms with Crippen LogP contribution in [-0.4, -0.2) is 33.3 Å². The van der Waals surface area contributed by atoms with E-state index in [2.05, 4.69) is 5.32 Å². The highest BCUT2D eigenvalue weighted by Gasteiger charge is 2.21. The maximum Gasteiger partial charge on any atom is 0.242 e. The number of fused-ring (bicyclic) bond motifs is 1. The van der Waals surface area contributed by atoms with Crippen molar-refractivity contribution in [2.24, 2.45) is 0 Å². The Kier molecular flexibility index (Phi) is 6.65. The van der Waals surface area contributed by atoms with Crippen molar-refractivity contribution in [2.75, 3.05) is 7.05 Å². The summed E-state index contributed by atoms with van der Waals surface area (Å²) in [6.45, 7) is 4.60. The van der Waals surface area contributed by atoms with Gasteiger partial charge in [0.25, 0.3) is 0 Å². The van der Waals surface area contributed by atoms with E-state index < -0.39 is 0 Å². The minimum atomic E-state index is -0.284. The second-order valence-corrected chi connectivity index (χ2v) is 7.32. The van der Waals surface area contributed by atoms with Crippen LogP contribution in [0.3, 0.4) is 0 Å². The number of imidazole rings is 1. The third-order valence-corrected chi connectivity index (χ3v) is 4.91. The molecular weight excluding hydrogens is 364 g/mol. The Morgan fingerprint density at radius 2 is 1.79 bits per heavy atom. The quantitative estimate of drug-likeness (QED) is 0.636. The van der Waals surface area contributed by atoms with Crippen molar-refractivity contribution < 1.29 is 9.59 Å². The summed E-state index contributed by atoms with van der Waals surface area (Å²) in [5.41, 5.74) is 2.79. The number of nitrogens with one attached hydrogen (secondary N) is 1. The van der Waals surface area contributed by atoms with Gasteiger partial charge in [0.15, 0.2) is 0 Å². The Morgan fingerprint density at radius 3 is 2.52 bits per heavy atom. The van der Waals surface area contributed by atoms with Crippen molar-refractivity contribution in [3.05, 3.63) is 66.0 Å². The van der Waals surface area contributed by atoms with Crippen LogP contribution >= 0.6 is 0 Å². The molecular formula is C23H28N4O2. The first kappa shape index (κ1) is 20.6. The number of hydrogen-bond donors (Lipinski definition) is 1. The van der Waals surface area contributed by atoms with Crippen LogP contribution in [0.1, 0.15) is 44.1 Å². The van der Waals surface area contributed by atoms with Crippen molar-refractivity contribution in [3.63, 3.8) is 0 Å². The van der Waals surface area contributed by atoms with E-state index in [1.165, 1.54) is 0 Å². The molecule has 3 rings (SSSR count). The lowest BCUT2D eigenvalue weighted by Gasteiger charge is -2.20. The zero-order valence-corrected chi connectivity index (χ0v) is 17.3. The van der Waals surface area contributed by atoms with E-state index in [1.54, 1.807) is 11.9 Å². The highest BCUT2D eigenvalue weighted by molar-refractivity contribution is 5.81. The van der Waals surface area contributed by atoms with E-state index >= 15 is 0 Å². The Labute approximate surface area is 171 Å². The van der Waals surface area contributed by atoms with Crippen molar-refractivity contribution >= 4 is 22.8 Å². The number of rotatable bonds is 8. The zero-order valence-electron chi connectivity index (χ0n) is 17.3. The normalized spacial score (nSPS) is 12.0. The number of carbonyl (C=O) groups is 2. The number of para-hydroxylation sites is 2. The SMILES string of the molecule is CCCC(=O)NC(C)c1nc2ccccc2n1CC(=O)N(C)Cc1ccccc1. The molecule has 0 spiro atoms. The molecule has 1 heterocycles. The van der Waals surface area contributed by atoms with Crippen LogP contribution in [0.5, 0.6) is 0 Å². The summed E-state index contributed by atoms with van der Waals surface area (Å²) in [4.78, 5) is 31.4. The van der Waals surface area contributed by atoms with Gasteiger partial charge in [-0.15, -0.1) is 0 Å². The van der Waals surface area contributed by atoms with E-state index in [0.717, 1.165) is 23.0 Å². The van der Waals surface area contributed by atoms with Gasteiger partial charge in [0, 0.05) is 20.0 Å². The number of nitrogens with zero attached hydrogens (tertiary/aromatic N) is 3. The molecule has 0 bridgehead atoms. The molecule has 2 aromatic carbocycles. The Morgan fingerprint density at radius 1 is 1.10 bits per heavy atom. The lowest BCUT2D eigenvalue weighted by Crippen LogP contribution is -2.32. The van der Waals surface area contributed by atoms with E-state index in [9.17, 15) is 9.59 Å². The summed E-state index contributed by atoms with van der Waals surface area (Å²) >= 11 is 0. The van der Waals surface area contributed by atoms with Crippen LogP contribution in [0.4, 0.5) is 0 Å². The summed E-state index contributed by atoms with van der Waals surface area (Å²) in [5, 5.41) is 2.99. The molecule has 1 atom stereocenters. The third-order valence-electron chi connectivity index (χ3n) is 4.91. The molecule has 1 N–H and O–H groups in total. The molecule has 0 fully saturated rings. The van der Waals surface area contributed by atoms with Gasteiger partial charge in [0.05, 0.1) is 17.1 Å². The minimum Gasteiger partial charge on any atom is -0.346 e. The van der Waals surface area contributed by atoms with Crippen LogP contribution in [0.2, 0.25) is 0 Å². The molecule has 6 nitrogen and oxygen atoms in total. The Hall–Kier alpha value is -3.15. The second kappa shape index (κ2) is 9.37. The largest absolute Gasteiger partial charge is 0.346 e. The van der Waals surface area contributed by atoms with Crippen molar-refractivity contribution in [1.29, 1.82) is 0 Å². The van der Waals surface area contributed by atoms with E-state index in [4.69, 9.17) is 4.98 Å². The van der Waals surface area contributed by atoms with Gasteiger partial charge in [-0.25, -0.2) is 4.98 Å². The summed E-state index contributed by atoms with van der Waals surface area (Å²) in [6, 6.07) is 17.4. The zero-order chi connectivity index (χ0) is 20.8. The molecule has 0 radical (unpaired) electrons. The highest BCUT2D eigenvalue weighted by Crippen LogP contribution is 2.21. The Bertz CT molecular complexity index is 981. The molecule has 0 aliphatic heterocycles. The molecule has 152 valence electrons. The molecule has 0 aliphatic rings. The highest BCUT2D eigenvalue weighted by atomic mass is 16.2. The fourth-order valence-electron chi connectivity index (χ4n) is 3.40. The molecule has 1 unspecified atom stereocenters. The van der Waals surface area contributed by atoms with Gasteiger partial charge >= 0.3 is 0 Å². The van der Waals surface area contributed by atoms with Crippen molar-refractivity contribution in [1.82, 2.24) is 19.8 Å². The van der Waals surface area contributed by atoms with Gasteiger partial charge in [0.2, 0.25) is 11.8 Å². The minimum absolute atomic E-state index is 0.00821. The summed E-state index contributed by atoms with van der Waals surface area (Å²) < 4.78 is 1.91. The summed E-state index contributed by atoms with van der Waals surface area (Å²) in [5.74, 6) is 0.675. The number of likely N-dealkylation sites (N-methyl/N-ethyl adjacent to an activating group) is 1. The first-order chi connectivity index (χ1) is 14.0. The molecule has 0 saturated heterocycles. The lowest BCUT2D eigenvalue weighted by molar-refractivity contribution is -0.131. The maximum atomic E-state index is 12.9. The number of benzene rings is 2. The second-order valence-electron chi connectivity index (χ2n) is 7.32. The fraction of sp³-hybridized carbons (Fsp3) is 0.348. The maximum absolute atomic E-state index is 12.9. The first-order valence-corrected chi connectivity index (χ1v) is 10.0. The van der Waals surface area contributed by atoms with Crippen LogP contribution in [0, 0.1) is 0 Å². The van der Waals surface area contributed by atoms with Crippen LogP contribution in [0.25, 0.3) is 11.0 Å². The number of hydrogen-bond acceptors (Lipinski definition) is 3. The van der Waals surface area contributed by atoms with Crippen molar-refractivity contribution in [3.8, 4) is 0 Å². The van der Waals surface area contributed by atoms with E-state index in [0.29, 0.717) is 18.8 Å². The first-order valence-electron chi connectivity index (χ1n) is 10.0. The topological polar surface area (TPSA) is 67.2 Å². The summed E-state index contributed by atoms with van der Waals surface area (Å²) in [6.07, 6.45) is 1.26. The number of amides is 2. The molecule has 3 aromatic rings. The molecule has 6 heteroatoms. The fourth-order valence-corrected chi connectivity index (χ4v) is 3.40. The monoisotopic (exact) mass is 392 g/mol. The van der Waals surface area contributed by atoms with Crippen LogP contribution < -0.4 is 5.32 Å². The lowest BCUT2D eigenvalue weighted by atomic mass is 10.2. The average molecular weight is 393 g/mol. The van der Waals surface area contributed by atoms with Crippen LogP contribution in [0.15, 0.2) is 54.6 Å². The standard InChI is InChI=1S/C23H28N4O2/c1-4-10-21(28)24-17(2)23-25-19-13-8-9-14-20(19)27(23)16-22(29)26(3)15-18-11-6-5-7-12-18/h5-9,11-14,17H,4,10,15-16H2,1-3H3,(H,24,28). The third kappa shape index (κ3) is 5.02. The Balaban J connectivity index is 1.83. The average Bonchev–Trinajstić information content (AvgIpc) is 3.07. The van der Waals surface area contributed by atoms with Gasteiger partial charge in [-0.05, 0) is 31.0 Å². The molecule has 2 amide bonds. The van der Waals surface area contributed by atoms with E-state index in [1.807, 2.05) is 73.0 Å². The van der Waals surface area contributed by atoms with Gasteiger partial charge in [-0.2, -0.15) is 0 Å². The number of aromatic nitrogens is 2. The molecule has 29 heavy (non-hydrogen) atoms.